The summed E-state index contributed by atoms with van der Waals surface area (Å²) >= 11 is 1.31. The fourth-order valence-corrected chi connectivity index (χ4v) is 2.73. The van der Waals surface area contributed by atoms with Crippen LogP contribution in [-0.2, 0) is 5.75 Å². The number of halogens is 2. The van der Waals surface area contributed by atoms with Gasteiger partial charge in [0.2, 0.25) is 5.88 Å². The van der Waals surface area contributed by atoms with Crippen LogP contribution in [-0.4, -0.2) is 19.7 Å². The SMILES string of the molecule is Cc1cc2nc(CSc3ccc(F)c(F)c3)cc(O)n2n1. The molecule has 108 valence electrons. The lowest BCUT2D eigenvalue weighted by atomic mass is 10.3. The molecule has 0 saturated heterocycles. The van der Waals surface area contributed by atoms with Gasteiger partial charge in [0.1, 0.15) is 0 Å². The third-order valence-electron chi connectivity index (χ3n) is 2.86. The lowest BCUT2D eigenvalue weighted by Crippen LogP contribution is -1.95. The van der Waals surface area contributed by atoms with Crippen molar-refractivity contribution in [3.63, 3.8) is 0 Å². The van der Waals surface area contributed by atoms with Gasteiger partial charge in [-0.15, -0.1) is 11.8 Å². The molecule has 2 heterocycles. The van der Waals surface area contributed by atoms with Gasteiger partial charge in [-0.1, -0.05) is 0 Å². The van der Waals surface area contributed by atoms with E-state index in [9.17, 15) is 13.9 Å². The molecule has 0 aliphatic heterocycles. The normalized spacial score (nSPS) is 11.2. The van der Waals surface area contributed by atoms with E-state index in [0.717, 1.165) is 17.8 Å². The molecule has 21 heavy (non-hydrogen) atoms. The van der Waals surface area contributed by atoms with Crippen LogP contribution in [0.5, 0.6) is 5.88 Å². The van der Waals surface area contributed by atoms with Crippen LogP contribution >= 0.6 is 11.8 Å². The van der Waals surface area contributed by atoms with Crippen LogP contribution in [0.3, 0.4) is 0 Å². The van der Waals surface area contributed by atoms with Crippen LogP contribution in [0.15, 0.2) is 35.2 Å². The van der Waals surface area contributed by atoms with Crippen molar-refractivity contribution in [3.8, 4) is 5.88 Å². The van der Waals surface area contributed by atoms with Crippen molar-refractivity contribution in [1.82, 2.24) is 14.6 Å². The Hall–Kier alpha value is -2.15. The van der Waals surface area contributed by atoms with Crippen LogP contribution in [0.1, 0.15) is 11.4 Å². The van der Waals surface area contributed by atoms with E-state index in [1.165, 1.54) is 28.4 Å². The zero-order chi connectivity index (χ0) is 15.0. The Morgan fingerprint density at radius 2 is 2.00 bits per heavy atom. The second-order valence-corrected chi connectivity index (χ2v) is 5.57. The van der Waals surface area contributed by atoms with Gasteiger partial charge >= 0.3 is 0 Å². The molecule has 0 saturated carbocycles. The molecule has 0 fully saturated rings. The molecule has 3 aromatic rings. The Balaban J connectivity index is 1.82. The first kappa shape index (κ1) is 13.8. The highest BCUT2D eigenvalue weighted by molar-refractivity contribution is 7.98. The average Bonchev–Trinajstić information content (AvgIpc) is 2.81. The number of aryl methyl sites for hydroxylation is 1. The van der Waals surface area contributed by atoms with Gasteiger partial charge in [0.15, 0.2) is 17.3 Å². The molecular formula is C14H11F2N3OS. The number of fused-ring (bicyclic) bond motifs is 1. The van der Waals surface area contributed by atoms with E-state index in [4.69, 9.17) is 0 Å². The summed E-state index contributed by atoms with van der Waals surface area (Å²) in [5.74, 6) is -1.32. The van der Waals surface area contributed by atoms with Crippen molar-refractivity contribution < 1.29 is 13.9 Å². The van der Waals surface area contributed by atoms with Crippen molar-refractivity contribution in [2.75, 3.05) is 0 Å². The molecule has 0 unspecified atom stereocenters. The lowest BCUT2D eigenvalue weighted by molar-refractivity contribution is 0.434. The first-order valence-corrected chi connectivity index (χ1v) is 7.14. The molecule has 0 bridgehead atoms. The Morgan fingerprint density at radius 1 is 1.19 bits per heavy atom. The summed E-state index contributed by atoms with van der Waals surface area (Å²) < 4.78 is 27.3. The molecule has 0 atom stereocenters. The van der Waals surface area contributed by atoms with Crippen molar-refractivity contribution in [2.45, 2.75) is 17.6 Å². The maximum absolute atomic E-state index is 13.1. The summed E-state index contributed by atoms with van der Waals surface area (Å²) in [5, 5.41) is 14.0. The minimum Gasteiger partial charge on any atom is -0.493 e. The number of aromatic nitrogens is 3. The molecule has 0 amide bonds. The predicted octanol–water partition coefficient (Wildman–Crippen LogP) is 3.31. The van der Waals surface area contributed by atoms with Gasteiger partial charge in [-0.2, -0.15) is 9.61 Å². The number of nitrogens with zero attached hydrogens (tertiary/aromatic N) is 3. The number of rotatable bonds is 3. The van der Waals surface area contributed by atoms with Crippen LogP contribution in [0.2, 0.25) is 0 Å². The third-order valence-corrected chi connectivity index (χ3v) is 3.89. The third kappa shape index (κ3) is 2.82. The number of aromatic hydroxyl groups is 1. The fourth-order valence-electron chi connectivity index (χ4n) is 1.92. The van der Waals surface area contributed by atoms with E-state index < -0.39 is 11.6 Å². The molecule has 3 rings (SSSR count). The first-order valence-electron chi connectivity index (χ1n) is 6.16. The average molecular weight is 307 g/mol. The monoisotopic (exact) mass is 307 g/mol. The maximum Gasteiger partial charge on any atom is 0.215 e. The number of thioether (sulfide) groups is 1. The summed E-state index contributed by atoms with van der Waals surface area (Å²) in [6.07, 6.45) is 0. The number of hydrogen-bond acceptors (Lipinski definition) is 4. The highest BCUT2D eigenvalue weighted by Crippen LogP contribution is 2.25. The minimum atomic E-state index is -0.877. The molecule has 7 heteroatoms. The Labute approximate surface area is 123 Å². The summed E-state index contributed by atoms with van der Waals surface area (Å²) in [7, 11) is 0. The molecule has 0 aliphatic carbocycles. The van der Waals surface area contributed by atoms with E-state index >= 15 is 0 Å². The Kier molecular flexibility index (Phi) is 3.50. The van der Waals surface area contributed by atoms with Gasteiger partial charge in [0.05, 0.1) is 11.4 Å². The highest BCUT2D eigenvalue weighted by atomic mass is 32.2. The van der Waals surface area contributed by atoms with Gasteiger partial charge < -0.3 is 5.11 Å². The largest absolute Gasteiger partial charge is 0.493 e. The Bertz CT molecular complexity index is 819. The van der Waals surface area contributed by atoms with Crippen molar-refractivity contribution in [3.05, 3.63) is 53.4 Å². The summed E-state index contributed by atoms with van der Waals surface area (Å²) in [4.78, 5) is 4.96. The van der Waals surface area contributed by atoms with Crippen LogP contribution in [0.25, 0.3) is 5.65 Å². The Morgan fingerprint density at radius 3 is 2.76 bits per heavy atom. The fraction of sp³-hybridized carbons (Fsp3) is 0.143. The lowest BCUT2D eigenvalue weighted by Gasteiger charge is -2.04. The minimum absolute atomic E-state index is 0.00557. The molecule has 4 nitrogen and oxygen atoms in total. The molecule has 0 radical (unpaired) electrons. The van der Waals surface area contributed by atoms with Crippen molar-refractivity contribution in [1.29, 1.82) is 0 Å². The van der Waals surface area contributed by atoms with E-state index in [1.54, 1.807) is 6.07 Å². The standard InChI is InChI=1S/C14H11F2N3OS/c1-8-4-13-17-9(5-14(20)19(13)18-8)7-21-10-2-3-11(15)12(16)6-10/h2-6,20H,7H2,1H3. The van der Waals surface area contributed by atoms with Crippen LogP contribution in [0, 0.1) is 18.6 Å². The van der Waals surface area contributed by atoms with Gasteiger partial charge in [0, 0.05) is 22.8 Å². The van der Waals surface area contributed by atoms with Gasteiger partial charge in [0.25, 0.3) is 0 Å². The smallest absolute Gasteiger partial charge is 0.215 e. The molecule has 2 aromatic heterocycles. The first-order chi connectivity index (χ1) is 10.0. The molecule has 1 aromatic carbocycles. The molecule has 0 spiro atoms. The van der Waals surface area contributed by atoms with E-state index in [-0.39, 0.29) is 5.88 Å². The van der Waals surface area contributed by atoms with E-state index in [0.29, 0.717) is 22.0 Å². The van der Waals surface area contributed by atoms with Crippen LogP contribution in [0.4, 0.5) is 8.78 Å². The molecular weight excluding hydrogens is 296 g/mol. The van der Waals surface area contributed by atoms with Crippen LogP contribution < -0.4 is 0 Å². The highest BCUT2D eigenvalue weighted by Gasteiger charge is 2.08. The van der Waals surface area contributed by atoms with Gasteiger partial charge in [-0.05, 0) is 25.1 Å². The van der Waals surface area contributed by atoms with Gasteiger partial charge in [-0.3, -0.25) is 0 Å². The topological polar surface area (TPSA) is 50.4 Å². The summed E-state index contributed by atoms with van der Waals surface area (Å²) in [6, 6.07) is 7.00. The number of benzene rings is 1. The van der Waals surface area contributed by atoms with Crippen molar-refractivity contribution >= 4 is 17.4 Å². The summed E-state index contributed by atoms with van der Waals surface area (Å²) in [6.45, 7) is 1.81. The van der Waals surface area contributed by atoms with Gasteiger partial charge in [-0.25, -0.2) is 13.8 Å². The second-order valence-electron chi connectivity index (χ2n) is 4.53. The quantitative estimate of drug-likeness (QED) is 0.754. The zero-order valence-electron chi connectivity index (χ0n) is 11.0. The van der Waals surface area contributed by atoms with E-state index in [1.807, 2.05) is 6.92 Å². The predicted molar refractivity (Wildman–Crippen MR) is 75.3 cm³/mol. The molecule has 0 aliphatic rings. The van der Waals surface area contributed by atoms with Crippen molar-refractivity contribution in [2.24, 2.45) is 0 Å². The summed E-state index contributed by atoms with van der Waals surface area (Å²) in [5.41, 5.74) is 1.94. The number of hydrogen-bond donors (Lipinski definition) is 1. The second kappa shape index (κ2) is 5.33. The molecule has 1 N–H and O–H groups in total. The van der Waals surface area contributed by atoms with E-state index in [2.05, 4.69) is 10.1 Å². The maximum atomic E-state index is 13.1. The zero-order valence-corrected chi connectivity index (χ0v) is 11.9.